The Morgan fingerprint density at radius 1 is 1.04 bits per heavy atom. The molecule has 25 heavy (non-hydrogen) atoms. The highest BCUT2D eigenvalue weighted by molar-refractivity contribution is 6.30. The molecule has 0 N–H and O–H groups in total. The van der Waals surface area contributed by atoms with Gasteiger partial charge in [0.15, 0.2) is 0 Å². The van der Waals surface area contributed by atoms with Crippen molar-refractivity contribution in [3.8, 4) is 0 Å². The van der Waals surface area contributed by atoms with Crippen LogP contribution in [0, 0.1) is 0 Å². The van der Waals surface area contributed by atoms with Crippen molar-refractivity contribution >= 4 is 17.5 Å². The van der Waals surface area contributed by atoms with Gasteiger partial charge in [-0.3, -0.25) is 9.69 Å². The van der Waals surface area contributed by atoms with Crippen LogP contribution in [0.2, 0.25) is 5.02 Å². The van der Waals surface area contributed by atoms with Crippen LogP contribution in [0.1, 0.15) is 18.1 Å². The lowest BCUT2D eigenvalue weighted by molar-refractivity contribution is -0.133. The van der Waals surface area contributed by atoms with E-state index in [1.54, 1.807) is 0 Å². The van der Waals surface area contributed by atoms with Gasteiger partial charge in [-0.2, -0.15) is 0 Å². The smallest absolute Gasteiger partial charge is 0.227 e. The Balaban J connectivity index is 1.49. The molecule has 0 aromatic heterocycles. The van der Waals surface area contributed by atoms with Crippen molar-refractivity contribution in [2.75, 3.05) is 26.2 Å². The number of hydrogen-bond donors (Lipinski definition) is 0. The van der Waals surface area contributed by atoms with Crippen molar-refractivity contribution in [3.05, 3.63) is 70.7 Å². The summed E-state index contributed by atoms with van der Waals surface area (Å²) in [7, 11) is 0. The van der Waals surface area contributed by atoms with E-state index >= 15 is 0 Å². The summed E-state index contributed by atoms with van der Waals surface area (Å²) in [6.07, 6.45) is 1.51. The van der Waals surface area contributed by atoms with Gasteiger partial charge in [-0.15, -0.1) is 0 Å². The first kappa shape index (κ1) is 18.0. The third kappa shape index (κ3) is 5.07. The first-order valence-corrected chi connectivity index (χ1v) is 9.30. The van der Waals surface area contributed by atoms with Gasteiger partial charge in [-0.05, 0) is 36.6 Å². The summed E-state index contributed by atoms with van der Waals surface area (Å²) in [6.45, 7) is 5.82. The summed E-state index contributed by atoms with van der Waals surface area (Å²) in [5, 5.41) is 0.705. The Kier molecular flexibility index (Phi) is 6.11. The van der Waals surface area contributed by atoms with Crippen molar-refractivity contribution in [2.45, 2.75) is 25.8 Å². The van der Waals surface area contributed by atoms with Crippen molar-refractivity contribution < 1.29 is 4.79 Å². The number of nitrogens with zero attached hydrogens (tertiary/aromatic N) is 2. The Morgan fingerprint density at radius 3 is 2.44 bits per heavy atom. The first-order chi connectivity index (χ1) is 12.1. The fraction of sp³-hybridized carbons (Fsp3) is 0.381. The van der Waals surface area contributed by atoms with E-state index < -0.39 is 0 Å². The minimum absolute atomic E-state index is 0.205. The fourth-order valence-corrected chi connectivity index (χ4v) is 3.49. The lowest BCUT2D eigenvalue weighted by Crippen LogP contribution is -2.54. The molecule has 1 aliphatic heterocycles. The molecular weight excluding hydrogens is 332 g/mol. The quantitative estimate of drug-likeness (QED) is 0.816. The van der Waals surface area contributed by atoms with E-state index in [1.807, 2.05) is 29.2 Å². The summed E-state index contributed by atoms with van der Waals surface area (Å²) in [4.78, 5) is 17.0. The van der Waals surface area contributed by atoms with Gasteiger partial charge in [0.2, 0.25) is 5.91 Å². The number of rotatable bonds is 5. The molecule has 1 heterocycles. The molecule has 0 saturated carbocycles. The highest BCUT2D eigenvalue weighted by Gasteiger charge is 2.26. The summed E-state index contributed by atoms with van der Waals surface area (Å²) >= 11 is 5.91. The maximum atomic E-state index is 12.6. The summed E-state index contributed by atoms with van der Waals surface area (Å²) < 4.78 is 0. The molecule has 2 aromatic carbocycles. The topological polar surface area (TPSA) is 23.6 Å². The van der Waals surface area contributed by atoms with Crippen LogP contribution in [0.3, 0.4) is 0 Å². The van der Waals surface area contributed by atoms with Crippen LogP contribution in [0.5, 0.6) is 0 Å². The van der Waals surface area contributed by atoms with Crippen molar-refractivity contribution in [1.29, 1.82) is 0 Å². The van der Waals surface area contributed by atoms with E-state index in [1.165, 1.54) is 5.56 Å². The standard InChI is InChI=1S/C21H25ClN2O/c1-17-16-24(21(25)15-19-7-9-20(22)10-8-19)14-13-23(17)12-11-18-5-3-2-4-6-18/h2-10,17H,11-16H2,1H3. The Morgan fingerprint density at radius 2 is 1.76 bits per heavy atom. The summed E-state index contributed by atoms with van der Waals surface area (Å²) in [6, 6.07) is 18.5. The van der Waals surface area contributed by atoms with Crippen LogP contribution >= 0.6 is 11.6 Å². The zero-order valence-electron chi connectivity index (χ0n) is 14.7. The van der Waals surface area contributed by atoms with E-state index in [-0.39, 0.29) is 5.91 Å². The number of carbonyl (C=O) groups is 1. The zero-order chi connectivity index (χ0) is 17.6. The number of benzene rings is 2. The second-order valence-corrected chi connectivity index (χ2v) is 7.20. The molecule has 0 aliphatic carbocycles. The molecule has 0 bridgehead atoms. The minimum Gasteiger partial charge on any atom is -0.340 e. The van der Waals surface area contributed by atoms with Crippen LogP contribution < -0.4 is 0 Å². The molecule has 2 aromatic rings. The van der Waals surface area contributed by atoms with Gasteiger partial charge < -0.3 is 4.90 Å². The molecule has 1 fully saturated rings. The molecular formula is C21H25ClN2O. The predicted octanol–water partition coefficient (Wildman–Crippen LogP) is 3.66. The van der Waals surface area contributed by atoms with Crippen LogP contribution in [-0.4, -0.2) is 47.9 Å². The normalized spacial score (nSPS) is 18.3. The third-order valence-corrected chi connectivity index (χ3v) is 5.17. The monoisotopic (exact) mass is 356 g/mol. The fourth-order valence-electron chi connectivity index (χ4n) is 3.36. The number of amides is 1. The molecule has 1 saturated heterocycles. The van der Waals surface area contributed by atoms with E-state index in [4.69, 9.17) is 11.6 Å². The number of carbonyl (C=O) groups excluding carboxylic acids is 1. The van der Waals surface area contributed by atoms with Crippen molar-refractivity contribution in [1.82, 2.24) is 9.80 Å². The van der Waals surface area contributed by atoms with E-state index in [9.17, 15) is 4.79 Å². The van der Waals surface area contributed by atoms with E-state index in [0.29, 0.717) is 17.5 Å². The van der Waals surface area contributed by atoms with Gasteiger partial charge in [-0.25, -0.2) is 0 Å². The second-order valence-electron chi connectivity index (χ2n) is 6.76. The van der Waals surface area contributed by atoms with Crippen LogP contribution in [0.15, 0.2) is 54.6 Å². The molecule has 1 aliphatic rings. The number of hydrogen-bond acceptors (Lipinski definition) is 2. The first-order valence-electron chi connectivity index (χ1n) is 8.92. The van der Waals surface area contributed by atoms with Gasteiger partial charge in [0.1, 0.15) is 0 Å². The van der Waals surface area contributed by atoms with E-state index in [2.05, 4.69) is 42.2 Å². The van der Waals surface area contributed by atoms with Crippen molar-refractivity contribution in [3.63, 3.8) is 0 Å². The Hall–Kier alpha value is -1.84. The Labute approximate surface area is 155 Å². The molecule has 4 heteroatoms. The van der Waals surface area contributed by atoms with E-state index in [0.717, 1.165) is 38.2 Å². The molecule has 1 unspecified atom stereocenters. The Bertz CT molecular complexity index is 687. The minimum atomic E-state index is 0.205. The maximum absolute atomic E-state index is 12.6. The van der Waals surface area contributed by atoms with Crippen LogP contribution in [0.25, 0.3) is 0 Å². The zero-order valence-corrected chi connectivity index (χ0v) is 15.5. The molecule has 0 spiro atoms. The lowest BCUT2D eigenvalue weighted by atomic mass is 10.1. The molecule has 1 amide bonds. The lowest BCUT2D eigenvalue weighted by Gasteiger charge is -2.40. The van der Waals surface area contributed by atoms with Gasteiger partial charge in [0.05, 0.1) is 6.42 Å². The predicted molar refractivity (Wildman–Crippen MR) is 103 cm³/mol. The van der Waals surface area contributed by atoms with Gasteiger partial charge in [0, 0.05) is 37.2 Å². The van der Waals surface area contributed by atoms with Crippen molar-refractivity contribution in [2.24, 2.45) is 0 Å². The van der Waals surface area contributed by atoms with Crippen LogP contribution in [0.4, 0.5) is 0 Å². The number of piperazine rings is 1. The largest absolute Gasteiger partial charge is 0.340 e. The average Bonchev–Trinajstić information content (AvgIpc) is 2.63. The average molecular weight is 357 g/mol. The molecule has 1 atom stereocenters. The van der Waals surface area contributed by atoms with Gasteiger partial charge in [0.25, 0.3) is 0 Å². The molecule has 0 radical (unpaired) electrons. The number of halogens is 1. The SMILES string of the molecule is CC1CN(C(=O)Cc2ccc(Cl)cc2)CCN1CCc1ccccc1. The van der Waals surface area contributed by atoms with Crippen LogP contribution in [-0.2, 0) is 17.6 Å². The molecule has 132 valence electrons. The maximum Gasteiger partial charge on any atom is 0.227 e. The van der Waals surface area contributed by atoms with Gasteiger partial charge >= 0.3 is 0 Å². The second kappa shape index (κ2) is 8.50. The third-order valence-electron chi connectivity index (χ3n) is 4.92. The highest BCUT2D eigenvalue weighted by atomic mass is 35.5. The molecule has 3 nitrogen and oxygen atoms in total. The summed E-state index contributed by atoms with van der Waals surface area (Å²) in [5.41, 5.74) is 2.39. The molecule has 3 rings (SSSR count). The summed E-state index contributed by atoms with van der Waals surface area (Å²) in [5.74, 6) is 0.205. The van der Waals surface area contributed by atoms with Gasteiger partial charge in [-0.1, -0.05) is 54.1 Å². The highest BCUT2D eigenvalue weighted by Crippen LogP contribution is 2.14.